The Morgan fingerprint density at radius 1 is 1.06 bits per heavy atom. The van der Waals surface area contributed by atoms with Gasteiger partial charge in [0.15, 0.2) is 0 Å². The third kappa shape index (κ3) is 3.88. The van der Waals surface area contributed by atoms with Crippen molar-refractivity contribution in [2.24, 2.45) is 5.92 Å². The first kappa shape index (κ1) is 21.6. The molecule has 1 amide bonds. The second-order valence-electron chi connectivity index (χ2n) is 8.29. The van der Waals surface area contributed by atoms with Gasteiger partial charge in [0.05, 0.1) is 5.92 Å². The number of benzene rings is 2. The third-order valence-electron chi connectivity index (χ3n) is 6.46. The van der Waals surface area contributed by atoms with Crippen molar-refractivity contribution in [1.82, 2.24) is 9.88 Å². The summed E-state index contributed by atoms with van der Waals surface area (Å²) in [6.45, 7) is 0.129. The fraction of sp³-hybridized carbons (Fsp3) is 0.240. The molecule has 1 aliphatic heterocycles. The summed E-state index contributed by atoms with van der Waals surface area (Å²) in [6, 6.07) is 17.6. The van der Waals surface area contributed by atoms with Gasteiger partial charge < -0.3 is 14.7 Å². The molecule has 0 saturated carbocycles. The van der Waals surface area contributed by atoms with Crippen LogP contribution in [0.2, 0.25) is 0 Å². The van der Waals surface area contributed by atoms with Crippen LogP contribution in [-0.2, 0) is 9.53 Å². The maximum atomic E-state index is 14.4. The summed E-state index contributed by atoms with van der Waals surface area (Å²) in [5.41, 5.74) is 4.61. The van der Waals surface area contributed by atoms with Gasteiger partial charge in [-0.25, -0.2) is 9.78 Å². The topological polar surface area (TPSA) is 79.7 Å². The lowest BCUT2D eigenvalue weighted by molar-refractivity contribution is -0.141. The van der Waals surface area contributed by atoms with Gasteiger partial charge in [-0.05, 0) is 44.3 Å². The van der Waals surface area contributed by atoms with E-state index in [4.69, 9.17) is 4.74 Å². The number of likely N-dealkylation sites (tertiary alicyclic amines) is 1. The number of carbonyl (C=O) groups excluding carboxylic acids is 1. The molecule has 8 heteroatoms. The number of carbonyl (C=O) groups is 2. The van der Waals surface area contributed by atoms with Gasteiger partial charge in [0.25, 0.3) is 0 Å². The first-order chi connectivity index (χ1) is 15.9. The average Bonchev–Trinajstić information content (AvgIpc) is 3.40. The van der Waals surface area contributed by atoms with Gasteiger partial charge in [0, 0.05) is 41.2 Å². The summed E-state index contributed by atoms with van der Waals surface area (Å²) >= 11 is 3.25. The molecule has 1 aliphatic carbocycles. The zero-order chi connectivity index (χ0) is 23.1. The highest BCUT2D eigenvalue weighted by Gasteiger charge is 2.43. The minimum absolute atomic E-state index is 0.0443. The van der Waals surface area contributed by atoms with Gasteiger partial charge >= 0.3 is 12.1 Å². The lowest BCUT2D eigenvalue weighted by Gasteiger charge is -2.19. The maximum Gasteiger partial charge on any atom is 0.409 e. The van der Waals surface area contributed by atoms with Crippen LogP contribution < -0.4 is 0 Å². The molecular formula is C25H20BrFN2O4. The largest absolute Gasteiger partial charge is 0.481 e. The molecular weight excluding hydrogens is 491 g/mol. The molecule has 168 valence electrons. The minimum atomic E-state index is -1.09. The number of aromatic nitrogens is 1. The molecule has 2 aromatic carbocycles. The highest BCUT2D eigenvalue weighted by atomic mass is 79.9. The van der Waals surface area contributed by atoms with E-state index in [-0.39, 0.29) is 31.2 Å². The van der Waals surface area contributed by atoms with Crippen LogP contribution in [0.3, 0.4) is 0 Å². The number of carboxylic acids is 1. The second kappa shape index (κ2) is 8.59. The Balaban J connectivity index is 1.34. The molecule has 5 rings (SSSR count). The molecule has 6 nitrogen and oxygen atoms in total. The summed E-state index contributed by atoms with van der Waals surface area (Å²) in [4.78, 5) is 29.8. The van der Waals surface area contributed by atoms with E-state index >= 15 is 0 Å². The second-order valence-corrected chi connectivity index (χ2v) is 9.21. The van der Waals surface area contributed by atoms with E-state index in [2.05, 4.69) is 33.0 Å². The van der Waals surface area contributed by atoms with Crippen LogP contribution in [0.15, 0.2) is 65.3 Å². The maximum absolute atomic E-state index is 14.4. The number of aliphatic carboxylic acids is 1. The number of hydrogen-bond donors (Lipinski definition) is 1. The SMILES string of the molecule is O=C(O)C1CN(C(=O)OCC2c3ccccc3-c3ccccc32)CC1c1cc(Br)cnc1F. The Bertz CT molecular complexity index is 1210. The number of ether oxygens (including phenoxy) is 1. The average molecular weight is 511 g/mol. The van der Waals surface area contributed by atoms with E-state index in [1.807, 2.05) is 36.4 Å². The standard InChI is InChI=1S/C25H20BrFN2O4/c26-14-9-19(23(27)28-10-14)20-11-29(12-21(20)24(30)31)25(32)33-13-22-17-7-3-1-5-15(17)16-6-2-4-8-18(16)22/h1-10,20-22H,11-13H2,(H,30,31). The summed E-state index contributed by atoms with van der Waals surface area (Å²) in [6.07, 6.45) is 0.710. The lowest BCUT2D eigenvalue weighted by Crippen LogP contribution is -2.31. The fourth-order valence-electron chi connectivity index (χ4n) is 4.90. The van der Waals surface area contributed by atoms with Crippen LogP contribution in [0.1, 0.15) is 28.5 Å². The normalized spacial score (nSPS) is 19.3. The van der Waals surface area contributed by atoms with Gasteiger partial charge in [0.1, 0.15) is 6.61 Å². The first-order valence-corrected chi connectivity index (χ1v) is 11.4. The van der Waals surface area contributed by atoms with Crippen molar-refractivity contribution in [3.05, 3.63) is 87.9 Å². The smallest absolute Gasteiger partial charge is 0.409 e. The van der Waals surface area contributed by atoms with Crippen molar-refractivity contribution < 1.29 is 23.8 Å². The Morgan fingerprint density at radius 3 is 2.33 bits per heavy atom. The molecule has 1 aromatic heterocycles. The van der Waals surface area contributed by atoms with E-state index in [0.717, 1.165) is 22.3 Å². The van der Waals surface area contributed by atoms with Crippen molar-refractivity contribution in [3.63, 3.8) is 0 Å². The third-order valence-corrected chi connectivity index (χ3v) is 6.90. The van der Waals surface area contributed by atoms with E-state index < -0.39 is 29.8 Å². The Labute approximate surface area is 198 Å². The van der Waals surface area contributed by atoms with Crippen LogP contribution in [0.4, 0.5) is 9.18 Å². The highest BCUT2D eigenvalue weighted by molar-refractivity contribution is 9.10. The first-order valence-electron chi connectivity index (χ1n) is 10.6. The quantitative estimate of drug-likeness (QED) is 0.497. The van der Waals surface area contributed by atoms with E-state index in [9.17, 15) is 19.1 Å². The van der Waals surface area contributed by atoms with Crippen molar-refractivity contribution in [2.45, 2.75) is 11.8 Å². The summed E-state index contributed by atoms with van der Waals surface area (Å²) in [7, 11) is 0. The number of halogens is 2. The van der Waals surface area contributed by atoms with Gasteiger partial charge in [-0.15, -0.1) is 0 Å². The molecule has 2 unspecified atom stereocenters. The zero-order valence-electron chi connectivity index (χ0n) is 17.4. The Morgan fingerprint density at radius 2 is 1.70 bits per heavy atom. The van der Waals surface area contributed by atoms with Crippen LogP contribution in [-0.4, -0.2) is 46.7 Å². The molecule has 33 heavy (non-hydrogen) atoms. The van der Waals surface area contributed by atoms with Crippen LogP contribution in [0.5, 0.6) is 0 Å². The van der Waals surface area contributed by atoms with Crippen LogP contribution in [0.25, 0.3) is 11.1 Å². The molecule has 0 bridgehead atoms. The number of fused-ring (bicyclic) bond motifs is 3. The molecule has 1 saturated heterocycles. The molecule has 0 spiro atoms. The van der Waals surface area contributed by atoms with E-state index in [1.54, 1.807) is 0 Å². The molecule has 2 aliphatic rings. The number of nitrogens with zero attached hydrogens (tertiary/aromatic N) is 2. The predicted octanol–water partition coefficient (Wildman–Crippen LogP) is 5.03. The number of carboxylic acid groups (broad SMARTS) is 1. The summed E-state index contributed by atoms with van der Waals surface area (Å²) < 4.78 is 20.6. The molecule has 3 aromatic rings. The van der Waals surface area contributed by atoms with Crippen molar-refractivity contribution in [1.29, 1.82) is 0 Å². The van der Waals surface area contributed by atoms with Gasteiger partial charge in [0.2, 0.25) is 5.95 Å². The van der Waals surface area contributed by atoms with Gasteiger partial charge in [-0.3, -0.25) is 4.79 Å². The number of hydrogen-bond acceptors (Lipinski definition) is 4. The zero-order valence-corrected chi connectivity index (χ0v) is 19.0. The minimum Gasteiger partial charge on any atom is -0.481 e. The molecule has 2 atom stereocenters. The van der Waals surface area contributed by atoms with Gasteiger partial charge in [-0.1, -0.05) is 48.5 Å². The number of rotatable bonds is 4. The molecule has 1 fully saturated rings. The van der Waals surface area contributed by atoms with Crippen molar-refractivity contribution >= 4 is 28.0 Å². The number of pyridine rings is 1. The van der Waals surface area contributed by atoms with Gasteiger partial charge in [-0.2, -0.15) is 4.39 Å². The Kier molecular flexibility index (Phi) is 5.62. The lowest BCUT2D eigenvalue weighted by atomic mass is 9.90. The molecule has 2 heterocycles. The highest BCUT2D eigenvalue weighted by Crippen LogP contribution is 2.44. The molecule has 0 radical (unpaired) electrons. The summed E-state index contributed by atoms with van der Waals surface area (Å²) in [5.74, 6) is -3.58. The molecule has 1 N–H and O–H groups in total. The summed E-state index contributed by atoms with van der Waals surface area (Å²) in [5, 5.41) is 9.69. The fourth-order valence-corrected chi connectivity index (χ4v) is 5.25. The van der Waals surface area contributed by atoms with Crippen LogP contribution in [0, 0.1) is 11.9 Å². The van der Waals surface area contributed by atoms with E-state index in [0.29, 0.717) is 4.47 Å². The van der Waals surface area contributed by atoms with Crippen LogP contribution >= 0.6 is 15.9 Å². The van der Waals surface area contributed by atoms with E-state index in [1.165, 1.54) is 17.2 Å². The van der Waals surface area contributed by atoms with Crippen molar-refractivity contribution in [3.8, 4) is 11.1 Å². The van der Waals surface area contributed by atoms with Crippen molar-refractivity contribution in [2.75, 3.05) is 19.7 Å². The monoisotopic (exact) mass is 510 g/mol. The Hall–Kier alpha value is -3.26. The predicted molar refractivity (Wildman–Crippen MR) is 122 cm³/mol. The number of amides is 1.